The zero-order chi connectivity index (χ0) is 26.5. The van der Waals surface area contributed by atoms with Crippen molar-refractivity contribution in [1.29, 1.82) is 0 Å². The number of thiazole rings is 1. The number of ether oxygens (including phenoxy) is 1. The molecule has 0 saturated heterocycles. The van der Waals surface area contributed by atoms with Crippen molar-refractivity contribution in [3.63, 3.8) is 0 Å². The Morgan fingerprint density at radius 1 is 0.947 bits per heavy atom. The van der Waals surface area contributed by atoms with Crippen molar-refractivity contribution in [3.8, 4) is 27.7 Å². The predicted octanol–water partition coefficient (Wildman–Crippen LogP) is 7.11. The van der Waals surface area contributed by atoms with E-state index in [2.05, 4.69) is 34.2 Å². The molecule has 192 valence electrons. The SMILES string of the molecule is COc1ccc(CCn2c(-c3csc(-c4ccccc4)n3)cc(C(=O)N(C)Cc3ccccc3)c2C)cc1. The first-order chi connectivity index (χ1) is 18.5. The normalized spacial score (nSPS) is 10.9. The van der Waals surface area contributed by atoms with Crippen LogP contribution in [0.5, 0.6) is 5.75 Å². The van der Waals surface area contributed by atoms with E-state index >= 15 is 0 Å². The van der Waals surface area contributed by atoms with E-state index in [0.717, 1.165) is 51.9 Å². The maximum absolute atomic E-state index is 13.6. The van der Waals surface area contributed by atoms with Crippen molar-refractivity contribution in [3.05, 3.63) is 119 Å². The summed E-state index contributed by atoms with van der Waals surface area (Å²) < 4.78 is 7.54. The third kappa shape index (κ3) is 5.55. The molecule has 5 nitrogen and oxygen atoms in total. The largest absolute Gasteiger partial charge is 0.497 e. The minimum atomic E-state index is 0.00862. The zero-order valence-electron chi connectivity index (χ0n) is 21.9. The van der Waals surface area contributed by atoms with Crippen molar-refractivity contribution in [2.24, 2.45) is 0 Å². The average Bonchev–Trinajstić information content (AvgIpc) is 3.57. The van der Waals surface area contributed by atoms with Crippen LogP contribution in [0, 0.1) is 6.92 Å². The number of methoxy groups -OCH3 is 1. The van der Waals surface area contributed by atoms with Crippen molar-refractivity contribution in [2.45, 2.75) is 26.4 Å². The lowest BCUT2D eigenvalue weighted by Gasteiger charge is -2.17. The van der Waals surface area contributed by atoms with Gasteiger partial charge in [-0.05, 0) is 42.7 Å². The molecule has 0 atom stereocenters. The van der Waals surface area contributed by atoms with Crippen molar-refractivity contribution in [2.75, 3.05) is 14.2 Å². The quantitative estimate of drug-likeness (QED) is 0.208. The third-order valence-electron chi connectivity index (χ3n) is 6.78. The van der Waals surface area contributed by atoms with Crippen LogP contribution in [0.2, 0.25) is 0 Å². The summed E-state index contributed by atoms with van der Waals surface area (Å²) in [5.41, 5.74) is 6.92. The Balaban J connectivity index is 1.47. The molecule has 2 heterocycles. The predicted molar refractivity (Wildman–Crippen MR) is 155 cm³/mol. The lowest BCUT2D eigenvalue weighted by Crippen LogP contribution is -2.26. The Bertz CT molecular complexity index is 1510. The second-order valence-electron chi connectivity index (χ2n) is 9.33. The minimum Gasteiger partial charge on any atom is -0.497 e. The van der Waals surface area contributed by atoms with Crippen LogP contribution in [0.25, 0.3) is 22.0 Å². The monoisotopic (exact) mass is 521 g/mol. The molecule has 0 fully saturated rings. The number of carbonyl (C=O) groups excluding carboxylic acids is 1. The third-order valence-corrected chi connectivity index (χ3v) is 7.67. The second kappa shape index (κ2) is 11.5. The Labute approximate surface area is 228 Å². The molecular formula is C32H31N3O2S. The Morgan fingerprint density at radius 3 is 2.32 bits per heavy atom. The van der Waals surface area contributed by atoms with Gasteiger partial charge in [0.05, 0.1) is 24.1 Å². The minimum absolute atomic E-state index is 0.00862. The number of benzene rings is 3. The molecule has 38 heavy (non-hydrogen) atoms. The molecule has 0 bridgehead atoms. The van der Waals surface area contributed by atoms with Crippen LogP contribution in [0.4, 0.5) is 0 Å². The number of hydrogen-bond donors (Lipinski definition) is 0. The van der Waals surface area contributed by atoms with Gasteiger partial charge in [0, 0.05) is 36.8 Å². The van der Waals surface area contributed by atoms with Crippen molar-refractivity contribution >= 4 is 17.2 Å². The molecule has 0 unspecified atom stereocenters. The molecule has 0 spiro atoms. The summed E-state index contributed by atoms with van der Waals surface area (Å²) in [4.78, 5) is 20.4. The molecule has 0 aliphatic heterocycles. The Hall–Kier alpha value is -4.16. The number of hydrogen-bond acceptors (Lipinski definition) is 4. The average molecular weight is 522 g/mol. The van der Waals surface area contributed by atoms with Gasteiger partial charge in [0.2, 0.25) is 0 Å². The number of amides is 1. The number of rotatable bonds is 9. The molecule has 0 aliphatic rings. The fourth-order valence-corrected chi connectivity index (χ4v) is 5.45. The first kappa shape index (κ1) is 25.5. The van der Waals surface area contributed by atoms with Gasteiger partial charge in [-0.25, -0.2) is 4.98 Å². The van der Waals surface area contributed by atoms with Gasteiger partial charge in [-0.3, -0.25) is 4.79 Å². The fraction of sp³-hybridized carbons (Fsp3) is 0.188. The highest BCUT2D eigenvalue weighted by Crippen LogP contribution is 2.32. The van der Waals surface area contributed by atoms with Gasteiger partial charge in [0.15, 0.2) is 0 Å². The fourth-order valence-electron chi connectivity index (χ4n) is 4.63. The topological polar surface area (TPSA) is 47.4 Å². The molecule has 0 saturated carbocycles. The molecule has 3 aromatic carbocycles. The molecule has 6 heteroatoms. The van der Waals surface area contributed by atoms with Crippen LogP contribution >= 0.6 is 11.3 Å². The Kier molecular flexibility index (Phi) is 7.70. The van der Waals surface area contributed by atoms with Gasteiger partial charge < -0.3 is 14.2 Å². The molecular weight excluding hydrogens is 490 g/mol. The number of carbonyl (C=O) groups is 1. The van der Waals surface area contributed by atoms with Gasteiger partial charge in [-0.15, -0.1) is 11.3 Å². The van der Waals surface area contributed by atoms with E-state index in [1.165, 1.54) is 5.56 Å². The molecule has 5 rings (SSSR count). The van der Waals surface area contributed by atoms with Crippen molar-refractivity contribution < 1.29 is 9.53 Å². The molecule has 0 N–H and O–H groups in total. The van der Waals surface area contributed by atoms with Gasteiger partial charge in [-0.1, -0.05) is 72.8 Å². The Morgan fingerprint density at radius 2 is 1.63 bits per heavy atom. The molecule has 1 amide bonds. The van der Waals surface area contributed by atoms with E-state index in [-0.39, 0.29) is 5.91 Å². The first-order valence-electron chi connectivity index (χ1n) is 12.7. The smallest absolute Gasteiger partial charge is 0.255 e. The summed E-state index contributed by atoms with van der Waals surface area (Å²) in [5.74, 6) is 0.853. The van der Waals surface area contributed by atoms with Gasteiger partial charge in [0.25, 0.3) is 5.91 Å². The molecule has 0 aliphatic carbocycles. The molecule has 0 radical (unpaired) electrons. The van der Waals surface area contributed by atoms with Crippen LogP contribution in [-0.4, -0.2) is 34.5 Å². The first-order valence-corrected chi connectivity index (χ1v) is 13.5. The van der Waals surface area contributed by atoms with E-state index in [0.29, 0.717) is 12.1 Å². The van der Waals surface area contributed by atoms with Crippen LogP contribution in [0.3, 0.4) is 0 Å². The zero-order valence-corrected chi connectivity index (χ0v) is 22.7. The van der Waals surface area contributed by atoms with Crippen LogP contribution < -0.4 is 4.74 Å². The van der Waals surface area contributed by atoms with E-state index in [4.69, 9.17) is 9.72 Å². The highest BCUT2D eigenvalue weighted by molar-refractivity contribution is 7.13. The number of aryl methyl sites for hydroxylation is 1. The van der Waals surface area contributed by atoms with E-state index < -0.39 is 0 Å². The second-order valence-corrected chi connectivity index (χ2v) is 10.2. The summed E-state index contributed by atoms with van der Waals surface area (Å²) in [6.45, 7) is 3.33. The molecule has 2 aromatic heterocycles. The van der Waals surface area contributed by atoms with E-state index in [1.807, 2.05) is 80.7 Å². The lowest BCUT2D eigenvalue weighted by atomic mass is 10.1. The van der Waals surface area contributed by atoms with Crippen molar-refractivity contribution in [1.82, 2.24) is 14.5 Å². The van der Waals surface area contributed by atoms with E-state index in [1.54, 1.807) is 23.3 Å². The highest BCUT2D eigenvalue weighted by Gasteiger charge is 2.22. The van der Waals surface area contributed by atoms with Crippen LogP contribution in [0.1, 0.15) is 27.2 Å². The summed E-state index contributed by atoms with van der Waals surface area (Å²) >= 11 is 1.62. The summed E-state index contributed by atoms with van der Waals surface area (Å²) in [7, 11) is 3.54. The summed E-state index contributed by atoms with van der Waals surface area (Å²) in [6, 6.07) is 30.4. The van der Waals surface area contributed by atoms with Crippen LogP contribution in [-0.2, 0) is 19.5 Å². The number of nitrogens with zero attached hydrogens (tertiary/aromatic N) is 3. The van der Waals surface area contributed by atoms with Gasteiger partial charge >= 0.3 is 0 Å². The summed E-state index contributed by atoms with van der Waals surface area (Å²) in [5, 5.41) is 3.05. The van der Waals surface area contributed by atoms with E-state index in [9.17, 15) is 4.79 Å². The lowest BCUT2D eigenvalue weighted by molar-refractivity contribution is 0.0784. The van der Waals surface area contributed by atoms with Gasteiger partial charge in [0.1, 0.15) is 10.8 Å². The highest BCUT2D eigenvalue weighted by atomic mass is 32.1. The maximum atomic E-state index is 13.6. The van der Waals surface area contributed by atoms with Crippen LogP contribution in [0.15, 0.2) is 96.4 Å². The standard InChI is InChI=1S/C32H31N3O2S/c1-23-28(32(36)34(2)21-25-10-6-4-7-11-25)20-30(29-22-38-31(33-29)26-12-8-5-9-13-26)35(23)19-18-24-14-16-27(37-3)17-15-24/h4-17,20,22H,18-19,21H2,1-3H3. The summed E-state index contributed by atoms with van der Waals surface area (Å²) in [6.07, 6.45) is 0.829. The maximum Gasteiger partial charge on any atom is 0.255 e. The number of aromatic nitrogens is 2. The van der Waals surface area contributed by atoms with Gasteiger partial charge in [-0.2, -0.15) is 0 Å². The molecule has 5 aromatic rings.